The van der Waals surface area contributed by atoms with E-state index in [0.717, 1.165) is 12.6 Å². The van der Waals surface area contributed by atoms with Crippen molar-refractivity contribution in [3.05, 3.63) is 60.7 Å². The second kappa shape index (κ2) is 8.17. The third-order valence-electron chi connectivity index (χ3n) is 3.65. The van der Waals surface area contributed by atoms with Crippen LogP contribution < -0.4 is 23.0 Å². The zero-order chi connectivity index (χ0) is 14.4. The van der Waals surface area contributed by atoms with Crippen LogP contribution in [0.4, 0.5) is 0 Å². The Morgan fingerprint density at radius 3 is 1.76 bits per heavy atom. The lowest BCUT2D eigenvalue weighted by molar-refractivity contribution is -0.137. The number of hydrogen-bond donors (Lipinski definition) is 1. The van der Waals surface area contributed by atoms with Crippen molar-refractivity contribution in [3.8, 4) is 0 Å². The van der Waals surface area contributed by atoms with Crippen molar-refractivity contribution >= 4 is 23.8 Å². The first kappa shape index (κ1) is 17.7. The van der Waals surface area contributed by atoms with Crippen LogP contribution in [0.3, 0.4) is 0 Å². The van der Waals surface area contributed by atoms with Gasteiger partial charge in [-0.25, -0.2) is 0 Å². The van der Waals surface area contributed by atoms with E-state index < -0.39 is 13.2 Å². The molecule has 2 rings (SSSR count). The van der Waals surface area contributed by atoms with E-state index in [1.54, 1.807) is 0 Å². The number of carboxylic acids is 1. The number of rotatable bonds is 6. The second-order valence-electron chi connectivity index (χ2n) is 5.08. The number of aliphatic carboxylic acids is 1. The minimum Gasteiger partial charge on any atom is -1.00 e. The molecule has 0 saturated heterocycles. The molecule has 0 radical (unpaired) electrons. The molecule has 21 heavy (non-hydrogen) atoms. The lowest BCUT2D eigenvalue weighted by atomic mass is 10.3. The van der Waals surface area contributed by atoms with Gasteiger partial charge in [-0.05, 0) is 30.7 Å². The first-order valence-electron chi connectivity index (χ1n) is 6.81. The summed E-state index contributed by atoms with van der Waals surface area (Å²) in [6, 6.07) is 21.0. The summed E-state index contributed by atoms with van der Waals surface area (Å²) in [5.41, 5.74) is 0. The molecule has 0 spiro atoms. The van der Waals surface area contributed by atoms with Crippen molar-refractivity contribution < 1.29 is 22.3 Å². The molecule has 0 bridgehead atoms. The van der Waals surface area contributed by atoms with Gasteiger partial charge in [-0.1, -0.05) is 36.4 Å². The Kier molecular flexibility index (Phi) is 6.87. The molecular weight excluding hydrogens is 303 g/mol. The quantitative estimate of drug-likeness (QED) is 0.769. The van der Waals surface area contributed by atoms with Crippen LogP contribution in [0.5, 0.6) is 0 Å². The summed E-state index contributed by atoms with van der Waals surface area (Å²) >= 11 is 0. The van der Waals surface area contributed by atoms with Gasteiger partial charge >= 0.3 is 5.97 Å². The van der Waals surface area contributed by atoms with Gasteiger partial charge in [0.25, 0.3) is 0 Å². The fourth-order valence-electron chi connectivity index (χ4n) is 2.47. The average molecular weight is 323 g/mol. The summed E-state index contributed by atoms with van der Waals surface area (Å²) < 4.78 is 0. The molecule has 112 valence electrons. The molecule has 0 aliphatic carbocycles. The van der Waals surface area contributed by atoms with Crippen LogP contribution in [0.25, 0.3) is 0 Å². The number of carboxylic acid groups (broad SMARTS) is 1. The van der Waals surface area contributed by atoms with E-state index in [-0.39, 0.29) is 18.8 Å². The summed E-state index contributed by atoms with van der Waals surface area (Å²) in [5.74, 6) is -0.710. The van der Waals surface area contributed by atoms with E-state index >= 15 is 0 Å². The number of benzene rings is 2. The number of halogens is 1. The van der Waals surface area contributed by atoms with Crippen molar-refractivity contribution in [1.82, 2.24) is 0 Å². The van der Waals surface area contributed by atoms with Gasteiger partial charge < -0.3 is 17.5 Å². The Balaban J connectivity index is 0.00000220. The lowest BCUT2D eigenvalue weighted by Gasteiger charge is -2.22. The Bertz CT molecular complexity index is 518. The van der Waals surface area contributed by atoms with Crippen molar-refractivity contribution in [1.29, 1.82) is 0 Å². The zero-order valence-electron chi connectivity index (χ0n) is 12.1. The molecule has 2 aromatic carbocycles. The molecule has 0 aliphatic rings. The Morgan fingerprint density at radius 1 is 0.952 bits per heavy atom. The van der Waals surface area contributed by atoms with Crippen LogP contribution in [-0.2, 0) is 4.79 Å². The fourth-order valence-corrected chi connectivity index (χ4v) is 5.73. The van der Waals surface area contributed by atoms with Gasteiger partial charge in [0.15, 0.2) is 0 Å². The number of carbonyl (C=O) groups is 1. The molecule has 2 nitrogen and oxygen atoms in total. The Hall–Kier alpha value is -1.37. The predicted octanol–water partition coefficient (Wildman–Crippen LogP) is 0.154. The van der Waals surface area contributed by atoms with Crippen LogP contribution in [0.2, 0.25) is 0 Å². The van der Waals surface area contributed by atoms with Crippen LogP contribution in [-0.4, -0.2) is 23.9 Å². The fraction of sp³-hybridized carbons (Fsp3) is 0.235. The smallest absolute Gasteiger partial charge is 0.303 e. The van der Waals surface area contributed by atoms with Crippen molar-refractivity contribution in [2.45, 2.75) is 12.8 Å². The topological polar surface area (TPSA) is 37.3 Å². The highest BCUT2D eigenvalue weighted by Gasteiger charge is 2.36. The molecule has 2 aromatic rings. The highest BCUT2D eigenvalue weighted by Crippen LogP contribution is 2.53. The molecule has 1 N–H and O–H groups in total. The molecule has 0 amide bonds. The van der Waals surface area contributed by atoms with E-state index in [1.807, 2.05) is 12.1 Å². The Labute approximate surface area is 133 Å². The lowest BCUT2D eigenvalue weighted by Crippen LogP contribution is -3.00. The largest absolute Gasteiger partial charge is 1.00 e. The predicted molar refractivity (Wildman–Crippen MR) is 86.7 cm³/mol. The van der Waals surface area contributed by atoms with Gasteiger partial charge in [0.1, 0.15) is 0 Å². The first-order valence-corrected chi connectivity index (χ1v) is 9.23. The van der Waals surface area contributed by atoms with Crippen LogP contribution in [0, 0.1) is 0 Å². The minimum atomic E-state index is -1.49. The highest BCUT2D eigenvalue weighted by molar-refractivity contribution is 7.88. The van der Waals surface area contributed by atoms with Crippen molar-refractivity contribution in [2.24, 2.45) is 0 Å². The second-order valence-corrected chi connectivity index (χ2v) is 8.95. The van der Waals surface area contributed by atoms with E-state index in [0.29, 0.717) is 0 Å². The third-order valence-corrected chi connectivity index (χ3v) is 7.73. The molecular formula is C17H20ClO2P. The van der Waals surface area contributed by atoms with Gasteiger partial charge in [-0.15, -0.1) is 0 Å². The Morgan fingerprint density at radius 2 is 1.38 bits per heavy atom. The molecule has 0 fully saturated rings. The van der Waals surface area contributed by atoms with Crippen molar-refractivity contribution in [3.63, 3.8) is 0 Å². The van der Waals surface area contributed by atoms with E-state index in [2.05, 4.69) is 55.2 Å². The molecule has 0 saturated carbocycles. The van der Waals surface area contributed by atoms with E-state index in [1.165, 1.54) is 10.6 Å². The maximum absolute atomic E-state index is 10.8. The number of hydrogen-bond acceptors (Lipinski definition) is 1. The van der Waals surface area contributed by atoms with Gasteiger partial charge in [0.2, 0.25) is 0 Å². The molecule has 0 aliphatic heterocycles. The standard InChI is InChI=1S/C17H19O2P.ClH/c1-20(14-8-13-17(18)19,15-9-4-2-5-10-15)16-11-6-3-7-12-16;/h2-7,9-12H,8,13-14H2,1H3;1H. The minimum absolute atomic E-state index is 0. The van der Waals surface area contributed by atoms with E-state index in [9.17, 15) is 4.79 Å². The van der Waals surface area contributed by atoms with Crippen molar-refractivity contribution in [2.75, 3.05) is 12.8 Å². The van der Waals surface area contributed by atoms with Gasteiger partial charge in [-0.3, -0.25) is 4.79 Å². The van der Waals surface area contributed by atoms with Gasteiger partial charge in [-0.2, -0.15) is 0 Å². The SMILES string of the molecule is C[P+](CCCC(=O)O)(c1ccccc1)c1ccccc1.[Cl-]. The van der Waals surface area contributed by atoms with Crippen LogP contribution >= 0.6 is 7.26 Å². The monoisotopic (exact) mass is 322 g/mol. The molecule has 0 heterocycles. The molecule has 0 atom stereocenters. The summed E-state index contributed by atoms with van der Waals surface area (Å²) in [5, 5.41) is 11.6. The normalized spacial score (nSPS) is 10.7. The average Bonchev–Trinajstić information content (AvgIpc) is 2.48. The van der Waals surface area contributed by atoms with E-state index in [4.69, 9.17) is 5.11 Å². The highest BCUT2D eigenvalue weighted by atomic mass is 35.5. The molecule has 4 heteroatoms. The summed E-state index contributed by atoms with van der Waals surface area (Å²) in [6.45, 7) is 2.31. The molecule has 0 aromatic heterocycles. The summed E-state index contributed by atoms with van der Waals surface area (Å²) in [7, 11) is -1.49. The first-order chi connectivity index (χ1) is 9.63. The van der Waals surface area contributed by atoms with Crippen LogP contribution in [0.15, 0.2) is 60.7 Å². The maximum Gasteiger partial charge on any atom is 0.303 e. The maximum atomic E-state index is 10.8. The summed E-state index contributed by atoms with van der Waals surface area (Å²) in [6.07, 6.45) is 1.91. The third kappa shape index (κ3) is 4.56. The zero-order valence-corrected chi connectivity index (χ0v) is 13.7. The summed E-state index contributed by atoms with van der Waals surface area (Å²) in [4.78, 5) is 10.8. The van der Waals surface area contributed by atoms with Gasteiger partial charge in [0, 0.05) is 6.42 Å². The van der Waals surface area contributed by atoms with Crippen LogP contribution in [0.1, 0.15) is 12.8 Å². The molecule has 0 unspecified atom stereocenters. The van der Waals surface area contributed by atoms with Gasteiger partial charge in [0.05, 0.1) is 30.7 Å².